The Morgan fingerprint density at radius 3 is 1.86 bits per heavy atom. The van der Waals surface area contributed by atoms with Crippen molar-refractivity contribution in [3.63, 3.8) is 0 Å². The van der Waals surface area contributed by atoms with Crippen LogP contribution in [0.1, 0.15) is 6.92 Å². The molecule has 0 radical (unpaired) electrons. The molecule has 146 valence electrons. The van der Waals surface area contributed by atoms with E-state index in [1.54, 1.807) is 12.1 Å². The molecule has 0 aliphatic carbocycles. The van der Waals surface area contributed by atoms with Crippen molar-refractivity contribution in [2.45, 2.75) is 6.92 Å². The third-order valence-electron chi connectivity index (χ3n) is 4.86. The number of hydrogen-bond donors (Lipinski definition) is 1. The second kappa shape index (κ2) is 7.36. The molecule has 4 aromatic rings. The number of phenolic OH excluding ortho intramolecular Hbond substituents is 1. The SMILES string of the molecule is COc1c(O)cc2ccccc2c1-c1c(OC)c(OC(C)=O)cc2ccccc12. The topological polar surface area (TPSA) is 65.0 Å². The van der Waals surface area contributed by atoms with Gasteiger partial charge in [-0.15, -0.1) is 0 Å². The normalized spacial score (nSPS) is 10.9. The first-order valence-corrected chi connectivity index (χ1v) is 9.12. The first-order valence-electron chi connectivity index (χ1n) is 9.12. The first-order chi connectivity index (χ1) is 14.0. The highest BCUT2D eigenvalue weighted by molar-refractivity contribution is 6.11. The molecule has 5 nitrogen and oxygen atoms in total. The van der Waals surface area contributed by atoms with Gasteiger partial charge in [-0.05, 0) is 33.7 Å². The predicted molar refractivity (Wildman–Crippen MR) is 113 cm³/mol. The van der Waals surface area contributed by atoms with Crippen LogP contribution in [0.25, 0.3) is 32.7 Å². The lowest BCUT2D eigenvalue weighted by Gasteiger charge is -2.20. The van der Waals surface area contributed by atoms with Crippen molar-refractivity contribution in [1.29, 1.82) is 0 Å². The smallest absolute Gasteiger partial charge is 0.308 e. The summed E-state index contributed by atoms with van der Waals surface area (Å²) >= 11 is 0. The summed E-state index contributed by atoms with van der Waals surface area (Å²) in [5.41, 5.74) is 1.36. The van der Waals surface area contributed by atoms with E-state index in [2.05, 4.69) is 0 Å². The highest BCUT2D eigenvalue weighted by atomic mass is 16.6. The van der Waals surface area contributed by atoms with Gasteiger partial charge in [-0.25, -0.2) is 0 Å². The molecular formula is C24H20O5. The van der Waals surface area contributed by atoms with Gasteiger partial charge in [0.05, 0.1) is 14.2 Å². The molecule has 0 saturated carbocycles. The number of phenols is 1. The van der Waals surface area contributed by atoms with E-state index in [-0.39, 0.29) is 5.75 Å². The molecule has 0 aliphatic rings. The molecule has 0 amide bonds. The Hall–Kier alpha value is -3.73. The summed E-state index contributed by atoms with van der Waals surface area (Å²) in [5.74, 6) is 0.603. The van der Waals surface area contributed by atoms with Gasteiger partial charge in [-0.2, -0.15) is 0 Å². The van der Waals surface area contributed by atoms with Gasteiger partial charge in [-0.1, -0.05) is 48.5 Å². The van der Waals surface area contributed by atoms with Gasteiger partial charge >= 0.3 is 5.97 Å². The Morgan fingerprint density at radius 2 is 1.31 bits per heavy atom. The quantitative estimate of drug-likeness (QED) is 0.379. The van der Waals surface area contributed by atoms with Crippen LogP contribution in [0.4, 0.5) is 0 Å². The van der Waals surface area contributed by atoms with E-state index < -0.39 is 5.97 Å². The number of carbonyl (C=O) groups is 1. The Labute approximate surface area is 168 Å². The molecule has 0 atom stereocenters. The van der Waals surface area contributed by atoms with Crippen LogP contribution in [-0.2, 0) is 4.79 Å². The monoisotopic (exact) mass is 388 g/mol. The number of methoxy groups -OCH3 is 2. The summed E-state index contributed by atoms with van der Waals surface area (Å²) in [7, 11) is 3.04. The van der Waals surface area contributed by atoms with Crippen LogP contribution in [0.3, 0.4) is 0 Å². The molecule has 1 N–H and O–H groups in total. The third kappa shape index (κ3) is 3.10. The van der Waals surface area contributed by atoms with Crippen molar-refractivity contribution >= 4 is 27.5 Å². The Morgan fingerprint density at radius 1 is 0.793 bits per heavy atom. The molecule has 0 fully saturated rings. The standard InChI is InChI=1S/C24H20O5/c1-14(25)29-20-13-16-9-5-7-11-18(16)22(24(20)28-3)21-17-10-6-4-8-15(17)12-19(26)23(21)27-2/h4-13,26H,1-3H3. The van der Waals surface area contributed by atoms with E-state index in [0.29, 0.717) is 28.4 Å². The maximum absolute atomic E-state index is 11.7. The zero-order valence-electron chi connectivity index (χ0n) is 16.4. The lowest BCUT2D eigenvalue weighted by Crippen LogP contribution is -2.04. The second-order valence-electron chi connectivity index (χ2n) is 6.62. The Bertz CT molecular complexity index is 1240. The van der Waals surface area contributed by atoms with Crippen LogP contribution in [0.15, 0.2) is 60.7 Å². The van der Waals surface area contributed by atoms with E-state index in [0.717, 1.165) is 21.5 Å². The number of fused-ring (bicyclic) bond motifs is 2. The number of ether oxygens (including phenoxy) is 3. The van der Waals surface area contributed by atoms with Crippen molar-refractivity contribution in [2.24, 2.45) is 0 Å². The van der Waals surface area contributed by atoms with E-state index in [1.807, 2.05) is 48.5 Å². The Balaban J connectivity index is 2.24. The molecule has 0 saturated heterocycles. The van der Waals surface area contributed by atoms with Gasteiger partial charge < -0.3 is 19.3 Å². The van der Waals surface area contributed by atoms with Gasteiger partial charge in [0.25, 0.3) is 0 Å². The van der Waals surface area contributed by atoms with Crippen molar-refractivity contribution < 1.29 is 24.1 Å². The average Bonchev–Trinajstić information content (AvgIpc) is 2.71. The number of esters is 1. The molecule has 4 rings (SSSR count). The fourth-order valence-electron chi connectivity index (χ4n) is 3.75. The highest BCUT2D eigenvalue weighted by Gasteiger charge is 2.24. The molecule has 29 heavy (non-hydrogen) atoms. The second-order valence-corrected chi connectivity index (χ2v) is 6.62. The summed E-state index contributed by atoms with van der Waals surface area (Å²) in [6, 6.07) is 18.9. The first kappa shape index (κ1) is 18.6. The van der Waals surface area contributed by atoms with E-state index in [1.165, 1.54) is 21.1 Å². The summed E-state index contributed by atoms with van der Waals surface area (Å²) in [6.07, 6.45) is 0. The zero-order valence-corrected chi connectivity index (χ0v) is 16.4. The van der Waals surface area contributed by atoms with Crippen LogP contribution >= 0.6 is 0 Å². The maximum Gasteiger partial charge on any atom is 0.308 e. The fourth-order valence-corrected chi connectivity index (χ4v) is 3.75. The zero-order chi connectivity index (χ0) is 20.5. The average molecular weight is 388 g/mol. The summed E-state index contributed by atoms with van der Waals surface area (Å²) < 4.78 is 16.8. The molecule has 0 spiro atoms. The largest absolute Gasteiger partial charge is 0.504 e. The van der Waals surface area contributed by atoms with Gasteiger partial charge in [0.1, 0.15) is 0 Å². The lowest BCUT2D eigenvalue weighted by atomic mass is 9.91. The maximum atomic E-state index is 11.7. The minimum absolute atomic E-state index is 0.0187. The van der Waals surface area contributed by atoms with Crippen molar-refractivity contribution in [1.82, 2.24) is 0 Å². The van der Waals surface area contributed by atoms with Crippen molar-refractivity contribution in [2.75, 3.05) is 14.2 Å². The highest BCUT2D eigenvalue weighted by Crippen LogP contribution is 2.51. The molecule has 0 aromatic heterocycles. The number of rotatable bonds is 4. The van der Waals surface area contributed by atoms with Crippen LogP contribution in [0, 0.1) is 0 Å². The van der Waals surface area contributed by atoms with Gasteiger partial charge in [0, 0.05) is 18.1 Å². The van der Waals surface area contributed by atoms with E-state index >= 15 is 0 Å². The lowest BCUT2D eigenvalue weighted by molar-refractivity contribution is -0.131. The van der Waals surface area contributed by atoms with E-state index in [9.17, 15) is 9.90 Å². The molecule has 5 heteroatoms. The molecule has 0 heterocycles. The van der Waals surface area contributed by atoms with Crippen LogP contribution in [0.5, 0.6) is 23.0 Å². The van der Waals surface area contributed by atoms with Crippen LogP contribution in [-0.4, -0.2) is 25.3 Å². The van der Waals surface area contributed by atoms with Gasteiger partial charge in [0.15, 0.2) is 23.0 Å². The number of benzene rings is 4. The summed E-state index contributed by atoms with van der Waals surface area (Å²) in [4.78, 5) is 11.7. The van der Waals surface area contributed by atoms with Crippen molar-refractivity contribution in [3.8, 4) is 34.1 Å². The molecule has 0 aliphatic heterocycles. The minimum atomic E-state index is -0.447. The molecule has 4 aromatic carbocycles. The number of carbonyl (C=O) groups excluding carboxylic acids is 1. The Kier molecular flexibility index (Phi) is 4.72. The fraction of sp³-hybridized carbons (Fsp3) is 0.125. The van der Waals surface area contributed by atoms with Crippen LogP contribution in [0.2, 0.25) is 0 Å². The minimum Gasteiger partial charge on any atom is -0.504 e. The number of hydrogen-bond acceptors (Lipinski definition) is 5. The molecule has 0 unspecified atom stereocenters. The summed E-state index contributed by atoms with van der Waals surface area (Å²) in [6.45, 7) is 1.35. The predicted octanol–water partition coefficient (Wildman–Crippen LogP) is 5.31. The van der Waals surface area contributed by atoms with Crippen LogP contribution < -0.4 is 14.2 Å². The van der Waals surface area contributed by atoms with Gasteiger partial charge in [-0.3, -0.25) is 4.79 Å². The molecule has 0 bridgehead atoms. The third-order valence-corrected chi connectivity index (χ3v) is 4.86. The van der Waals surface area contributed by atoms with Crippen molar-refractivity contribution in [3.05, 3.63) is 60.7 Å². The van der Waals surface area contributed by atoms with E-state index in [4.69, 9.17) is 14.2 Å². The number of aromatic hydroxyl groups is 1. The summed E-state index contributed by atoms with van der Waals surface area (Å²) in [5, 5.41) is 14.1. The van der Waals surface area contributed by atoms with Gasteiger partial charge in [0.2, 0.25) is 0 Å². The molecular weight excluding hydrogens is 368 g/mol.